The fraction of sp³-hybridized carbons (Fsp3) is 0.250. The number of methoxy groups -OCH3 is 2. The van der Waals surface area contributed by atoms with E-state index in [4.69, 9.17) is 26.8 Å². The highest BCUT2D eigenvalue weighted by molar-refractivity contribution is 6.31. The summed E-state index contributed by atoms with van der Waals surface area (Å²) in [5.41, 5.74) is 9.91. The molecule has 0 aliphatic carbocycles. The van der Waals surface area contributed by atoms with Gasteiger partial charge in [0.2, 0.25) is 0 Å². The number of halogens is 1. The van der Waals surface area contributed by atoms with E-state index in [0.717, 1.165) is 34.5 Å². The molecule has 0 saturated carbocycles. The number of anilines is 1. The first-order chi connectivity index (χ1) is 9.67. The van der Waals surface area contributed by atoms with Gasteiger partial charge in [-0.2, -0.15) is 0 Å². The molecule has 0 aliphatic rings. The zero-order valence-electron chi connectivity index (χ0n) is 11.7. The predicted molar refractivity (Wildman–Crippen MR) is 83.4 cm³/mol. The number of nitrogen functional groups attached to an aromatic ring is 1. The molecule has 0 amide bonds. The van der Waals surface area contributed by atoms with Crippen LogP contribution in [0.4, 0.5) is 5.69 Å². The standard InChI is InChI=1S/C16H18ClNO2/c1-19-9-8-11-4-3-5-13(16(11)18)14-10-12(17)6-7-15(14)20-2/h3-7,10H,8-9,18H2,1-2H3. The molecule has 2 aromatic carbocycles. The second kappa shape index (κ2) is 6.64. The minimum Gasteiger partial charge on any atom is -0.496 e. The molecule has 2 rings (SSSR count). The van der Waals surface area contributed by atoms with Crippen molar-refractivity contribution in [2.75, 3.05) is 26.6 Å². The molecular weight excluding hydrogens is 274 g/mol. The van der Waals surface area contributed by atoms with Crippen molar-refractivity contribution in [2.24, 2.45) is 0 Å². The van der Waals surface area contributed by atoms with E-state index in [2.05, 4.69) is 0 Å². The Morgan fingerprint density at radius 3 is 2.60 bits per heavy atom. The SMILES string of the molecule is COCCc1cccc(-c2cc(Cl)ccc2OC)c1N. The molecule has 0 unspecified atom stereocenters. The van der Waals surface area contributed by atoms with E-state index >= 15 is 0 Å². The van der Waals surface area contributed by atoms with Crippen LogP contribution in [-0.2, 0) is 11.2 Å². The fourth-order valence-corrected chi connectivity index (χ4v) is 2.34. The maximum absolute atomic E-state index is 6.28. The summed E-state index contributed by atoms with van der Waals surface area (Å²) in [6, 6.07) is 11.5. The second-order valence-electron chi connectivity index (χ2n) is 4.47. The number of nitrogens with two attached hydrogens (primary N) is 1. The summed E-state index contributed by atoms with van der Waals surface area (Å²) in [6.45, 7) is 0.639. The molecule has 2 aromatic rings. The molecule has 4 heteroatoms. The van der Waals surface area contributed by atoms with E-state index in [1.165, 1.54) is 0 Å². The Labute approximate surface area is 124 Å². The highest BCUT2D eigenvalue weighted by atomic mass is 35.5. The van der Waals surface area contributed by atoms with Gasteiger partial charge >= 0.3 is 0 Å². The van der Waals surface area contributed by atoms with Gasteiger partial charge in [0.05, 0.1) is 13.7 Å². The first kappa shape index (κ1) is 14.7. The minimum atomic E-state index is 0.639. The van der Waals surface area contributed by atoms with Crippen LogP contribution in [0.5, 0.6) is 5.75 Å². The van der Waals surface area contributed by atoms with Crippen molar-refractivity contribution in [1.29, 1.82) is 0 Å². The lowest BCUT2D eigenvalue weighted by Crippen LogP contribution is -2.01. The maximum Gasteiger partial charge on any atom is 0.126 e. The van der Waals surface area contributed by atoms with E-state index in [1.54, 1.807) is 20.3 Å². The van der Waals surface area contributed by atoms with Crippen molar-refractivity contribution in [3.8, 4) is 16.9 Å². The summed E-state index contributed by atoms with van der Waals surface area (Å²) in [6.07, 6.45) is 0.777. The van der Waals surface area contributed by atoms with Gasteiger partial charge in [-0.05, 0) is 30.2 Å². The van der Waals surface area contributed by atoms with Crippen LogP contribution < -0.4 is 10.5 Å². The number of hydrogen-bond donors (Lipinski definition) is 1. The van der Waals surface area contributed by atoms with Gasteiger partial charge in [0, 0.05) is 28.9 Å². The fourth-order valence-electron chi connectivity index (χ4n) is 2.17. The summed E-state index contributed by atoms with van der Waals surface area (Å²) in [4.78, 5) is 0. The first-order valence-corrected chi connectivity index (χ1v) is 6.75. The Morgan fingerprint density at radius 1 is 1.10 bits per heavy atom. The average Bonchev–Trinajstić information content (AvgIpc) is 2.46. The Kier molecular flexibility index (Phi) is 4.88. The predicted octanol–water partition coefficient (Wildman–Crippen LogP) is 3.79. The van der Waals surface area contributed by atoms with Gasteiger partial charge in [0.15, 0.2) is 0 Å². The summed E-state index contributed by atoms with van der Waals surface area (Å²) in [7, 11) is 3.32. The number of rotatable bonds is 5. The minimum absolute atomic E-state index is 0.639. The van der Waals surface area contributed by atoms with Crippen molar-refractivity contribution >= 4 is 17.3 Å². The van der Waals surface area contributed by atoms with Crippen molar-refractivity contribution < 1.29 is 9.47 Å². The van der Waals surface area contributed by atoms with Crippen LogP contribution in [0.15, 0.2) is 36.4 Å². The summed E-state index contributed by atoms with van der Waals surface area (Å²) >= 11 is 6.08. The van der Waals surface area contributed by atoms with Gasteiger partial charge < -0.3 is 15.2 Å². The monoisotopic (exact) mass is 291 g/mol. The topological polar surface area (TPSA) is 44.5 Å². The quantitative estimate of drug-likeness (QED) is 0.853. The summed E-state index contributed by atoms with van der Waals surface area (Å²) in [5.74, 6) is 0.755. The van der Waals surface area contributed by atoms with Gasteiger partial charge in [-0.15, -0.1) is 0 Å². The van der Waals surface area contributed by atoms with Crippen LogP contribution in [0, 0.1) is 0 Å². The molecule has 0 aliphatic heterocycles. The van der Waals surface area contributed by atoms with Gasteiger partial charge in [0.1, 0.15) is 5.75 Å². The Balaban J connectivity index is 2.50. The van der Waals surface area contributed by atoms with E-state index in [9.17, 15) is 0 Å². The largest absolute Gasteiger partial charge is 0.496 e. The van der Waals surface area contributed by atoms with Crippen LogP contribution in [-0.4, -0.2) is 20.8 Å². The highest BCUT2D eigenvalue weighted by Crippen LogP contribution is 2.37. The first-order valence-electron chi connectivity index (χ1n) is 6.37. The van der Waals surface area contributed by atoms with Crippen molar-refractivity contribution in [3.05, 3.63) is 47.0 Å². The van der Waals surface area contributed by atoms with Crippen LogP contribution in [0.3, 0.4) is 0 Å². The Hall–Kier alpha value is -1.71. The molecule has 20 heavy (non-hydrogen) atoms. The van der Waals surface area contributed by atoms with E-state index < -0.39 is 0 Å². The molecule has 0 radical (unpaired) electrons. The van der Waals surface area contributed by atoms with Crippen molar-refractivity contribution in [3.63, 3.8) is 0 Å². The van der Waals surface area contributed by atoms with Gasteiger partial charge in [-0.25, -0.2) is 0 Å². The van der Waals surface area contributed by atoms with Crippen LogP contribution in [0.2, 0.25) is 5.02 Å². The normalized spacial score (nSPS) is 10.6. The lowest BCUT2D eigenvalue weighted by atomic mass is 9.98. The molecule has 0 atom stereocenters. The Morgan fingerprint density at radius 2 is 1.90 bits per heavy atom. The molecule has 106 valence electrons. The third-order valence-electron chi connectivity index (χ3n) is 3.22. The molecule has 0 bridgehead atoms. The van der Waals surface area contributed by atoms with Gasteiger partial charge in [0.25, 0.3) is 0 Å². The molecule has 0 fully saturated rings. The van der Waals surface area contributed by atoms with Crippen molar-refractivity contribution in [2.45, 2.75) is 6.42 Å². The smallest absolute Gasteiger partial charge is 0.126 e. The van der Waals surface area contributed by atoms with Gasteiger partial charge in [-0.1, -0.05) is 29.8 Å². The maximum atomic E-state index is 6.28. The Bertz CT molecular complexity index is 599. The third-order valence-corrected chi connectivity index (χ3v) is 3.46. The average molecular weight is 292 g/mol. The molecule has 0 aromatic heterocycles. The molecule has 0 spiro atoms. The molecule has 0 saturated heterocycles. The third kappa shape index (κ3) is 3.06. The van der Waals surface area contributed by atoms with E-state index in [-0.39, 0.29) is 0 Å². The molecule has 0 heterocycles. The van der Waals surface area contributed by atoms with E-state index in [1.807, 2.05) is 30.3 Å². The van der Waals surface area contributed by atoms with E-state index in [0.29, 0.717) is 11.6 Å². The summed E-state index contributed by atoms with van der Waals surface area (Å²) < 4.78 is 10.5. The zero-order chi connectivity index (χ0) is 14.5. The number of ether oxygens (including phenoxy) is 2. The number of hydrogen-bond acceptors (Lipinski definition) is 3. The zero-order valence-corrected chi connectivity index (χ0v) is 12.4. The van der Waals surface area contributed by atoms with Crippen LogP contribution in [0.1, 0.15) is 5.56 Å². The molecule has 2 N–H and O–H groups in total. The summed E-state index contributed by atoms with van der Waals surface area (Å²) in [5, 5.41) is 0.655. The van der Waals surface area contributed by atoms with Crippen LogP contribution in [0.25, 0.3) is 11.1 Å². The molecule has 3 nitrogen and oxygen atoms in total. The van der Waals surface area contributed by atoms with Crippen LogP contribution >= 0.6 is 11.6 Å². The molecular formula is C16H18ClNO2. The number of para-hydroxylation sites is 1. The highest BCUT2D eigenvalue weighted by Gasteiger charge is 2.12. The number of benzene rings is 2. The second-order valence-corrected chi connectivity index (χ2v) is 4.90. The van der Waals surface area contributed by atoms with Gasteiger partial charge in [-0.3, -0.25) is 0 Å². The van der Waals surface area contributed by atoms with Crippen molar-refractivity contribution in [1.82, 2.24) is 0 Å². The lowest BCUT2D eigenvalue weighted by molar-refractivity contribution is 0.202. The lowest BCUT2D eigenvalue weighted by Gasteiger charge is -2.14.